The maximum atomic E-state index is 4.45. The monoisotopic (exact) mass is 324 g/mol. The fraction of sp³-hybridized carbons (Fsp3) is 0.357. The third-order valence-electron chi connectivity index (χ3n) is 2.71. The van der Waals surface area contributed by atoms with Crippen LogP contribution < -0.4 is 5.32 Å². The summed E-state index contributed by atoms with van der Waals surface area (Å²) >= 11 is 5.34. The first-order chi connectivity index (χ1) is 8.65. The molecule has 0 aliphatic heterocycles. The molecule has 0 aliphatic rings. The number of nitrogens with zero attached hydrogens (tertiary/aromatic N) is 1. The normalized spacial score (nSPS) is 10.8. The fourth-order valence-corrected chi connectivity index (χ4v) is 3.14. The Labute approximate surface area is 121 Å². The van der Waals surface area contributed by atoms with Gasteiger partial charge in [-0.3, -0.25) is 0 Å². The molecule has 96 valence electrons. The molecule has 0 unspecified atom stereocenters. The molecule has 0 saturated heterocycles. The van der Waals surface area contributed by atoms with E-state index in [1.54, 1.807) is 11.3 Å². The molecule has 0 saturated carbocycles. The van der Waals surface area contributed by atoms with E-state index in [-0.39, 0.29) is 0 Å². The molecule has 2 rings (SSSR count). The van der Waals surface area contributed by atoms with Gasteiger partial charge in [0.25, 0.3) is 0 Å². The molecule has 1 aromatic heterocycles. The van der Waals surface area contributed by atoms with E-state index in [4.69, 9.17) is 0 Å². The van der Waals surface area contributed by atoms with Crippen molar-refractivity contribution in [2.75, 3.05) is 6.54 Å². The maximum Gasteiger partial charge on any atom is 0.0940 e. The van der Waals surface area contributed by atoms with E-state index >= 15 is 0 Å². The van der Waals surface area contributed by atoms with Crippen molar-refractivity contribution in [2.45, 2.75) is 26.8 Å². The van der Waals surface area contributed by atoms with Gasteiger partial charge in [-0.25, -0.2) is 4.98 Å². The smallest absolute Gasteiger partial charge is 0.0940 e. The van der Waals surface area contributed by atoms with E-state index in [0.717, 1.165) is 25.2 Å². The molecule has 4 heteroatoms. The topological polar surface area (TPSA) is 24.9 Å². The van der Waals surface area contributed by atoms with Gasteiger partial charge in [-0.15, -0.1) is 11.3 Å². The molecule has 0 aliphatic carbocycles. The van der Waals surface area contributed by atoms with Crippen LogP contribution in [0.5, 0.6) is 0 Å². The van der Waals surface area contributed by atoms with Crippen molar-refractivity contribution in [2.24, 2.45) is 0 Å². The minimum Gasteiger partial charge on any atom is -0.312 e. The second-order valence-electron chi connectivity index (χ2n) is 4.40. The van der Waals surface area contributed by atoms with Gasteiger partial charge in [0.2, 0.25) is 0 Å². The van der Waals surface area contributed by atoms with Crippen LogP contribution in [0.2, 0.25) is 0 Å². The molecule has 0 amide bonds. The van der Waals surface area contributed by atoms with Crippen LogP contribution in [0, 0.1) is 13.8 Å². The summed E-state index contributed by atoms with van der Waals surface area (Å²) in [5.41, 5.74) is 3.70. The Kier molecular flexibility index (Phi) is 4.92. The first-order valence-electron chi connectivity index (χ1n) is 6.02. The van der Waals surface area contributed by atoms with E-state index < -0.39 is 0 Å². The van der Waals surface area contributed by atoms with E-state index in [0.29, 0.717) is 0 Å². The molecule has 2 nitrogen and oxygen atoms in total. The number of aryl methyl sites for hydroxylation is 2. The maximum absolute atomic E-state index is 4.45. The molecule has 0 atom stereocenters. The van der Waals surface area contributed by atoms with E-state index in [9.17, 15) is 0 Å². The number of nitrogens with one attached hydrogen (secondary N) is 1. The third-order valence-corrected chi connectivity index (χ3v) is 4.47. The lowest BCUT2D eigenvalue weighted by Crippen LogP contribution is -2.16. The Balaban J connectivity index is 1.78. The zero-order valence-corrected chi connectivity index (χ0v) is 13.1. The van der Waals surface area contributed by atoms with Gasteiger partial charge in [0, 0.05) is 35.1 Å². The predicted octanol–water partition coefficient (Wildman–Crippen LogP) is 3.85. The number of aromatic nitrogens is 1. The van der Waals surface area contributed by atoms with Gasteiger partial charge in [-0.2, -0.15) is 0 Å². The number of hydrogen-bond acceptors (Lipinski definition) is 3. The van der Waals surface area contributed by atoms with Crippen LogP contribution in [0.15, 0.2) is 28.1 Å². The number of rotatable bonds is 5. The first-order valence-corrected chi connectivity index (χ1v) is 7.69. The third kappa shape index (κ3) is 3.90. The molecule has 0 spiro atoms. The molecule has 0 radical (unpaired) electrons. The quantitative estimate of drug-likeness (QED) is 0.845. The SMILES string of the molecule is Cc1ccc(CNCCc2nc(C)cs2)c(Br)c1. The minimum absolute atomic E-state index is 0.894. The van der Waals surface area contributed by atoms with Crippen LogP contribution in [0.25, 0.3) is 0 Å². The van der Waals surface area contributed by atoms with Gasteiger partial charge in [-0.1, -0.05) is 28.1 Å². The van der Waals surface area contributed by atoms with Crippen molar-refractivity contribution in [3.63, 3.8) is 0 Å². The molecule has 2 aromatic rings. The van der Waals surface area contributed by atoms with Crippen molar-refractivity contribution in [3.8, 4) is 0 Å². The van der Waals surface area contributed by atoms with Gasteiger partial charge >= 0.3 is 0 Å². The summed E-state index contributed by atoms with van der Waals surface area (Å²) in [6.07, 6.45) is 1.00. The van der Waals surface area contributed by atoms with Crippen molar-refractivity contribution in [1.82, 2.24) is 10.3 Å². The van der Waals surface area contributed by atoms with E-state index in [1.807, 2.05) is 6.92 Å². The standard InChI is InChI=1S/C14H17BrN2S/c1-10-3-4-12(13(15)7-10)8-16-6-5-14-17-11(2)9-18-14/h3-4,7,9,16H,5-6,8H2,1-2H3. The molecule has 1 aromatic carbocycles. The highest BCUT2D eigenvalue weighted by atomic mass is 79.9. The summed E-state index contributed by atoms with van der Waals surface area (Å²) in [6.45, 7) is 6.00. The van der Waals surface area contributed by atoms with Gasteiger partial charge in [0.15, 0.2) is 0 Å². The van der Waals surface area contributed by atoms with Crippen LogP contribution in [0.4, 0.5) is 0 Å². The Morgan fingerprint density at radius 3 is 2.83 bits per heavy atom. The number of benzene rings is 1. The molecular formula is C14H17BrN2S. The summed E-state index contributed by atoms with van der Waals surface area (Å²) in [4.78, 5) is 4.45. The van der Waals surface area contributed by atoms with Crippen LogP contribution >= 0.6 is 27.3 Å². The number of halogens is 1. The molecular weight excluding hydrogens is 308 g/mol. The van der Waals surface area contributed by atoms with Gasteiger partial charge in [0.05, 0.1) is 5.01 Å². The predicted molar refractivity (Wildman–Crippen MR) is 81.1 cm³/mol. The average molecular weight is 325 g/mol. The van der Waals surface area contributed by atoms with Crippen molar-refractivity contribution >= 4 is 27.3 Å². The van der Waals surface area contributed by atoms with Gasteiger partial charge in [0.1, 0.15) is 0 Å². The highest BCUT2D eigenvalue weighted by molar-refractivity contribution is 9.10. The van der Waals surface area contributed by atoms with E-state index in [2.05, 4.69) is 56.7 Å². The van der Waals surface area contributed by atoms with Crippen molar-refractivity contribution < 1.29 is 0 Å². The minimum atomic E-state index is 0.894. The lowest BCUT2D eigenvalue weighted by atomic mass is 10.1. The van der Waals surface area contributed by atoms with Crippen LogP contribution in [0.1, 0.15) is 21.8 Å². The Hall–Kier alpha value is -0.710. The molecule has 1 N–H and O–H groups in total. The second kappa shape index (κ2) is 6.45. The largest absolute Gasteiger partial charge is 0.312 e. The van der Waals surface area contributed by atoms with E-state index in [1.165, 1.54) is 20.6 Å². The lowest BCUT2D eigenvalue weighted by molar-refractivity contribution is 0.683. The Morgan fingerprint density at radius 2 is 2.17 bits per heavy atom. The molecule has 18 heavy (non-hydrogen) atoms. The van der Waals surface area contributed by atoms with Crippen LogP contribution in [-0.2, 0) is 13.0 Å². The molecule has 0 bridgehead atoms. The zero-order chi connectivity index (χ0) is 13.0. The van der Waals surface area contributed by atoms with Crippen molar-refractivity contribution in [1.29, 1.82) is 0 Å². The fourth-order valence-electron chi connectivity index (χ4n) is 1.73. The number of hydrogen-bond donors (Lipinski definition) is 1. The molecule has 1 heterocycles. The first kappa shape index (κ1) is 13.7. The van der Waals surface area contributed by atoms with Crippen LogP contribution in [-0.4, -0.2) is 11.5 Å². The zero-order valence-electron chi connectivity index (χ0n) is 10.7. The summed E-state index contributed by atoms with van der Waals surface area (Å²) in [5, 5.41) is 6.77. The molecule has 0 fully saturated rings. The summed E-state index contributed by atoms with van der Waals surface area (Å²) in [6, 6.07) is 6.47. The second-order valence-corrected chi connectivity index (χ2v) is 6.20. The van der Waals surface area contributed by atoms with Crippen molar-refractivity contribution in [3.05, 3.63) is 49.9 Å². The van der Waals surface area contributed by atoms with Gasteiger partial charge in [-0.05, 0) is 31.0 Å². The summed E-state index contributed by atoms with van der Waals surface area (Å²) < 4.78 is 1.18. The van der Waals surface area contributed by atoms with Gasteiger partial charge < -0.3 is 5.32 Å². The average Bonchev–Trinajstić information content (AvgIpc) is 2.73. The highest BCUT2D eigenvalue weighted by Gasteiger charge is 2.01. The summed E-state index contributed by atoms with van der Waals surface area (Å²) in [7, 11) is 0. The lowest BCUT2D eigenvalue weighted by Gasteiger charge is -2.07. The Bertz CT molecular complexity index is 522. The summed E-state index contributed by atoms with van der Waals surface area (Å²) in [5.74, 6) is 0. The highest BCUT2D eigenvalue weighted by Crippen LogP contribution is 2.18. The van der Waals surface area contributed by atoms with Crippen LogP contribution in [0.3, 0.4) is 0 Å². The number of thiazole rings is 1. The Morgan fingerprint density at radius 1 is 1.33 bits per heavy atom.